The molecule has 8 heteroatoms. The van der Waals surface area contributed by atoms with E-state index in [0.717, 1.165) is 10.4 Å². The molecule has 3 aromatic heterocycles. The Labute approximate surface area is 163 Å². The average molecular weight is 406 g/mol. The number of hydrogen-bond acceptors (Lipinski definition) is 6. The Balaban J connectivity index is 2.10. The van der Waals surface area contributed by atoms with Crippen molar-refractivity contribution < 1.29 is 4.79 Å². The summed E-state index contributed by atoms with van der Waals surface area (Å²) >= 11 is 4.35. The van der Waals surface area contributed by atoms with E-state index in [4.69, 9.17) is 0 Å². The van der Waals surface area contributed by atoms with Crippen molar-refractivity contribution in [1.29, 1.82) is 0 Å². The van der Waals surface area contributed by atoms with Crippen molar-refractivity contribution >= 4 is 50.6 Å². The van der Waals surface area contributed by atoms with Crippen LogP contribution in [0.15, 0.2) is 45.5 Å². The molecule has 3 heterocycles. The summed E-state index contributed by atoms with van der Waals surface area (Å²) in [5, 5.41) is 7.61. The third-order valence-corrected chi connectivity index (χ3v) is 6.62. The lowest BCUT2D eigenvalue weighted by Crippen LogP contribution is -2.31. The number of carbonyl (C=O) groups excluding carboxylic acids is 1. The fourth-order valence-electron chi connectivity index (χ4n) is 2.53. The largest absolute Gasteiger partial charge is 0.355 e. The number of thioether (sulfide) groups is 1. The first-order valence-electron chi connectivity index (χ1n) is 8.18. The van der Waals surface area contributed by atoms with Crippen molar-refractivity contribution in [3.05, 3.63) is 45.9 Å². The highest BCUT2D eigenvalue weighted by Crippen LogP contribution is 2.35. The van der Waals surface area contributed by atoms with Gasteiger partial charge in [0.05, 0.1) is 10.6 Å². The highest BCUT2D eigenvalue weighted by molar-refractivity contribution is 8.00. The Bertz CT molecular complexity index is 989. The minimum absolute atomic E-state index is 0.0672. The molecule has 1 amide bonds. The van der Waals surface area contributed by atoms with Crippen molar-refractivity contribution in [2.24, 2.45) is 0 Å². The molecular weight excluding hydrogens is 386 g/mol. The van der Waals surface area contributed by atoms with Crippen LogP contribution in [0.2, 0.25) is 0 Å². The number of nitrogens with one attached hydrogen (secondary N) is 1. The highest BCUT2D eigenvalue weighted by Gasteiger charge is 2.21. The summed E-state index contributed by atoms with van der Waals surface area (Å²) in [4.78, 5) is 31.7. The first-order valence-corrected chi connectivity index (χ1v) is 10.8. The summed E-state index contributed by atoms with van der Waals surface area (Å²) in [6.45, 7) is 8.37. The van der Waals surface area contributed by atoms with Crippen LogP contribution in [0.3, 0.4) is 0 Å². The molecule has 0 saturated carbocycles. The van der Waals surface area contributed by atoms with Gasteiger partial charge in [0.1, 0.15) is 4.83 Å². The average Bonchev–Trinajstić information content (AvgIpc) is 3.27. The molecule has 0 aliphatic rings. The van der Waals surface area contributed by atoms with Gasteiger partial charge in [-0.15, -0.1) is 29.3 Å². The topological polar surface area (TPSA) is 64.0 Å². The fraction of sp³-hybridized carbons (Fsp3) is 0.278. The van der Waals surface area contributed by atoms with Crippen molar-refractivity contribution in [1.82, 2.24) is 14.9 Å². The Morgan fingerprint density at radius 3 is 2.96 bits per heavy atom. The normalized spacial score (nSPS) is 12.2. The van der Waals surface area contributed by atoms with E-state index in [1.807, 2.05) is 36.7 Å². The van der Waals surface area contributed by atoms with Crippen LogP contribution >= 0.6 is 34.4 Å². The molecule has 1 atom stereocenters. The van der Waals surface area contributed by atoms with E-state index in [1.165, 1.54) is 23.1 Å². The number of aromatic nitrogens is 2. The van der Waals surface area contributed by atoms with Gasteiger partial charge in [0.2, 0.25) is 5.91 Å². The standard InChI is InChI=1S/C18H19N3O2S3/c1-4-8-21-17(23)14-12(13-7-6-9-24-13)10-25-16(14)20-18(21)26-11(3)15(22)19-5-2/h4,6-7,9-11H,1,5,8H2,2-3H3,(H,19,22)/t11-/m0/s1. The smallest absolute Gasteiger partial charge is 0.263 e. The van der Waals surface area contributed by atoms with E-state index in [1.54, 1.807) is 22.0 Å². The number of hydrogen-bond donors (Lipinski definition) is 1. The molecule has 5 nitrogen and oxygen atoms in total. The molecule has 0 fully saturated rings. The van der Waals surface area contributed by atoms with Gasteiger partial charge in [-0.05, 0) is 25.3 Å². The lowest BCUT2D eigenvalue weighted by Gasteiger charge is -2.14. The molecule has 0 radical (unpaired) electrons. The van der Waals surface area contributed by atoms with Gasteiger partial charge in [-0.1, -0.05) is 23.9 Å². The van der Waals surface area contributed by atoms with Crippen LogP contribution in [0.1, 0.15) is 13.8 Å². The molecule has 0 aliphatic carbocycles. The maximum atomic E-state index is 13.2. The van der Waals surface area contributed by atoms with Crippen LogP contribution in [0.4, 0.5) is 0 Å². The molecule has 1 N–H and O–H groups in total. The Hall–Kier alpha value is -1.90. The highest BCUT2D eigenvalue weighted by atomic mass is 32.2. The lowest BCUT2D eigenvalue weighted by atomic mass is 10.2. The summed E-state index contributed by atoms with van der Waals surface area (Å²) in [6, 6.07) is 3.97. The van der Waals surface area contributed by atoms with E-state index < -0.39 is 0 Å². The third kappa shape index (κ3) is 3.62. The van der Waals surface area contributed by atoms with Gasteiger partial charge in [0, 0.05) is 28.9 Å². The molecule has 136 valence electrons. The predicted molar refractivity (Wildman–Crippen MR) is 111 cm³/mol. The van der Waals surface area contributed by atoms with E-state index in [-0.39, 0.29) is 16.7 Å². The maximum Gasteiger partial charge on any atom is 0.263 e. The fourth-order valence-corrected chi connectivity index (χ4v) is 5.27. The maximum absolute atomic E-state index is 13.2. The predicted octanol–water partition coefficient (Wildman–Crippen LogP) is 3.99. The minimum Gasteiger partial charge on any atom is -0.355 e. The van der Waals surface area contributed by atoms with E-state index in [0.29, 0.717) is 28.5 Å². The van der Waals surface area contributed by atoms with Crippen LogP contribution < -0.4 is 10.9 Å². The Kier molecular flexibility index (Phi) is 5.95. The number of nitrogens with zero attached hydrogens (tertiary/aromatic N) is 2. The summed E-state index contributed by atoms with van der Waals surface area (Å²) in [7, 11) is 0. The quantitative estimate of drug-likeness (QED) is 0.367. The number of amides is 1. The second-order valence-electron chi connectivity index (χ2n) is 5.56. The van der Waals surface area contributed by atoms with Crippen molar-refractivity contribution in [3.63, 3.8) is 0 Å². The van der Waals surface area contributed by atoms with Crippen LogP contribution in [0, 0.1) is 0 Å². The van der Waals surface area contributed by atoms with Crippen LogP contribution in [0.5, 0.6) is 0 Å². The number of fused-ring (bicyclic) bond motifs is 1. The Morgan fingerprint density at radius 2 is 2.31 bits per heavy atom. The van der Waals surface area contributed by atoms with Gasteiger partial charge in [0.15, 0.2) is 5.16 Å². The van der Waals surface area contributed by atoms with Crippen LogP contribution in [-0.4, -0.2) is 27.3 Å². The number of allylic oxidation sites excluding steroid dienone is 1. The van der Waals surface area contributed by atoms with Gasteiger partial charge in [-0.2, -0.15) is 0 Å². The SMILES string of the molecule is C=CCn1c(S[C@@H](C)C(=O)NCC)nc2scc(-c3cccs3)c2c1=O. The number of rotatable bonds is 7. The summed E-state index contributed by atoms with van der Waals surface area (Å²) < 4.78 is 1.60. The molecule has 0 saturated heterocycles. The van der Waals surface area contributed by atoms with Crippen LogP contribution in [-0.2, 0) is 11.3 Å². The third-order valence-electron chi connectivity index (χ3n) is 3.76. The van der Waals surface area contributed by atoms with Gasteiger partial charge >= 0.3 is 0 Å². The van der Waals surface area contributed by atoms with Gasteiger partial charge in [0.25, 0.3) is 5.56 Å². The first kappa shape index (κ1) is 18.9. The molecule has 0 aliphatic heterocycles. The molecule has 0 bridgehead atoms. The molecule has 3 rings (SSSR count). The summed E-state index contributed by atoms with van der Waals surface area (Å²) in [5.74, 6) is -0.0672. The lowest BCUT2D eigenvalue weighted by molar-refractivity contribution is -0.120. The molecule has 3 aromatic rings. The van der Waals surface area contributed by atoms with Gasteiger partial charge in [-0.3, -0.25) is 14.2 Å². The second kappa shape index (κ2) is 8.20. The molecule has 26 heavy (non-hydrogen) atoms. The zero-order chi connectivity index (χ0) is 18.7. The van der Waals surface area contributed by atoms with Crippen molar-refractivity contribution in [2.75, 3.05) is 6.54 Å². The Morgan fingerprint density at radius 1 is 1.50 bits per heavy atom. The van der Waals surface area contributed by atoms with Crippen molar-refractivity contribution in [2.45, 2.75) is 30.8 Å². The molecule has 0 aromatic carbocycles. The van der Waals surface area contributed by atoms with Gasteiger partial charge < -0.3 is 5.32 Å². The summed E-state index contributed by atoms with van der Waals surface area (Å²) in [5.41, 5.74) is 0.828. The van der Waals surface area contributed by atoms with E-state index in [9.17, 15) is 9.59 Å². The monoisotopic (exact) mass is 405 g/mol. The first-order chi connectivity index (χ1) is 12.6. The molecule has 0 spiro atoms. The minimum atomic E-state index is -0.341. The van der Waals surface area contributed by atoms with Gasteiger partial charge in [-0.25, -0.2) is 4.98 Å². The number of carbonyl (C=O) groups is 1. The zero-order valence-corrected chi connectivity index (χ0v) is 17.0. The van der Waals surface area contributed by atoms with E-state index in [2.05, 4.69) is 16.9 Å². The zero-order valence-electron chi connectivity index (χ0n) is 14.5. The number of thiophene rings is 2. The summed E-state index contributed by atoms with van der Waals surface area (Å²) in [6.07, 6.45) is 1.67. The van der Waals surface area contributed by atoms with E-state index >= 15 is 0 Å². The van der Waals surface area contributed by atoms with Crippen LogP contribution in [0.25, 0.3) is 20.7 Å². The van der Waals surface area contributed by atoms with Crippen molar-refractivity contribution in [3.8, 4) is 10.4 Å². The second-order valence-corrected chi connectivity index (χ2v) is 8.67. The molecule has 0 unspecified atom stereocenters. The molecular formula is C18H19N3O2S3.